The molecule has 0 N–H and O–H groups in total. The molecule has 1 saturated heterocycles. The third kappa shape index (κ3) is 8.36. The number of rotatable bonds is 12. The van der Waals surface area contributed by atoms with Crippen molar-refractivity contribution >= 4 is 17.9 Å². The summed E-state index contributed by atoms with van der Waals surface area (Å²) < 4.78 is 17.3. The number of esters is 3. The minimum absolute atomic E-state index is 0.138. The van der Waals surface area contributed by atoms with Gasteiger partial charge in [0.2, 0.25) is 0 Å². The van der Waals surface area contributed by atoms with Crippen molar-refractivity contribution in [2.24, 2.45) is 0 Å². The average molecular weight is 616 g/mol. The van der Waals surface area contributed by atoms with Crippen LogP contribution in [0, 0.1) is 0 Å². The molecule has 1 aliphatic rings. The summed E-state index contributed by atoms with van der Waals surface area (Å²) in [5.41, 5.74) is -0.645. The Labute approximate surface area is 266 Å². The van der Waals surface area contributed by atoms with Gasteiger partial charge in [0.15, 0.2) is 0 Å². The van der Waals surface area contributed by atoms with Crippen LogP contribution in [-0.4, -0.2) is 69.2 Å². The molecule has 1 heterocycles. The maximum Gasteiger partial charge on any atom is 0.326 e. The van der Waals surface area contributed by atoms with E-state index in [0.717, 1.165) is 16.7 Å². The molecule has 0 spiro atoms. The Morgan fingerprint density at radius 2 is 0.689 bits per heavy atom. The van der Waals surface area contributed by atoms with Crippen molar-refractivity contribution in [2.45, 2.75) is 78.0 Å². The van der Waals surface area contributed by atoms with E-state index < -0.39 is 34.5 Å². The van der Waals surface area contributed by atoms with Crippen LogP contribution in [0.15, 0.2) is 91.0 Å². The van der Waals surface area contributed by atoms with Gasteiger partial charge in [0.25, 0.3) is 0 Å². The van der Waals surface area contributed by atoms with Gasteiger partial charge in [-0.2, -0.15) is 0 Å². The van der Waals surface area contributed by atoms with Gasteiger partial charge in [0.05, 0.1) is 20.0 Å². The van der Waals surface area contributed by atoms with E-state index in [2.05, 4.69) is 0 Å². The molecule has 9 heteroatoms. The van der Waals surface area contributed by atoms with Gasteiger partial charge in [-0.15, -0.1) is 0 Å². The van der Waals surface area contributed by atoms with Crippen molar-refractivity contribution in [3.63, 3.8) is 0 Å². The second kappa shape index (κ2) is 14.4. The van der Waals surface area contributed by atoms with Crippen molar-refractivity contribution in [1.29, 1.82) is 0 Å². The summed E-state index contributed by atoms with van der Waals surface area (Å²) in [6, 6.07) is 28.5. The van der Waals surface area contributed by atoms with Gasteiger partial charge >= 0.3 is 17.9 Å². The second-order valence-electron chi connectivity index (χ2n) is 12.9. The van der Waals surface area contributed by atoms with Gasteiger partial charge in [0, 0.05) is 0 Å². The molecule has 3 aromatic rings. The van der Waals surface area contributed by atoms with Crippen LogP contribution in [0.1, 0.15) is 58.2 Å². The predicted molar refractivity (Wildman–Crippen MR) is 171 cm³/mol. The van der Waals surface area contributed by atoms with Gasteiger partial charge in [-0.25, -0.2) is 0 Å². The molecule has 0 unspecified atom stereocenters. The molecular formula is C36H45N3O6. The molecule has 3 aromatic carbocycles. The molecule has 4 rings (SSSR count). The van der Waals surface area contributed by atoms with Gasteiger partial charge in [-0.3, -0.25) is 29.1 Å². The zero-order chi connectivity index (χ0) is 32.7. The third-order valence-corrected chi connectivity index (χ3v) is 8.53. The maximum absolute atomic E-state index is 13.6. The van der Waals surface area contributed by atoms with Gasteiger partial charge in [-0.1, -0.05) is 91.0 Å². The van der Waals surface area contributed by atoms with Crippen molar-refractivity contribution in [2.75, 3.05) is 20.0 Å². The molecule has 0 saturated carbocycles. The van der Waals surface area contributed by atoms with Crippen molar-refractivity contribution in [3.05, 3.63) is 108 Å². The van der Waals surface area contributed by atoms with Crippen LogP contribution in [0.5, 0.6) is 0 Å². The maximum atomic E-state index is 13.6. The van der Waals surface area contributed by atoms with E-state index in [0.29, 0.717) is 0 Å². The Morgan fingerprint density at radius 3 is 0.911 bits per heavy atom. The molecule has 0 aromatic heterocycles. The van der Waals surface area contributed by atoms with Crippen molar-refractivity contribution in [3.8, 4) is 0 Å². The average Bonchev–Trinajstić information content (AvgIpc) is 3.06. The first-order valence-electron chi connectivity index (χ1n) is 15.2. The first kappa shape index (κ1) is 33.8. The number of hydrogen-bond donors (Lipinski definition) is 0. The van der Waals surface area contributed by atoms with Gasteiger partial charge < -0.3 is 14.2 Å². The largest absolute Gasteiger partial charge is 0.459 e. The highest BCUT2D eigenvalue weighted by Crippen LogP contribution is 2.31. The summed E-state index contributed by atoms with van der Waals surface area (Å²) in [4.78, 5) is 46.4. The fourth-order valence-corrected chi connectivity index (χ4v) is 4.90. The summed E-state index contributed by atoms with van der Waals surface area (Å²) in [6.07, 6.45) is 0. The number of benzene rings is 3. The molecule has 0 atom stereocenters. The minimum atomic E-state index is -1.10. The fourth-order valence-electron chi connectivity index (χ4n) is 4.90. The molecule has 1 aliphatic heterocycles. The van der Waals surface area contributed by atoms with Crippen LogP contribution in [0.3, 0.4) is 0 Å². The Balaban J connectivity index is 1.55. The van der Waals surface area contributed by atoms with Crippen molar-refractivity contribution < 1.29 is 28.6 Å². The topological polar surface area (TPSA) is 88.6 Å². The van der Waals surface area contributed by atoms with Gasteiger partial charge in [-0.05, 0) is 58.2 Å². The third-order valence-electron chi connectivity index (χ3n) is 8.53. The fraction of sp³-hybridized carbons (Fsp3) is 0.417. The lowest BCUT2D eigenvalue weighted by Crippen LogP contribution is -2.71. The molecule has 9 nitrogen and oxygen atoms in total. The Morgan fingerprint density at radius 1 is 0.467 bits per heavy atom. The summed E-state index contributed by atoms with van der Waals surface area (Å²) in [6.45, 7) is 12.0. The summed E-state index contributed by atoms with van der Waals surface area (Å²) >= 11 is 0. The number of hydrogen-bond acceptors (Lipinski definition) is 9. The lowest BCUT2D eigenvalue weighted by atomic mass is 9.98. The summed E-state index contributed by atoms with van der Waals surface area (Å²) in [5.74, 6) is -1.24. The molecular weight excluding hydrogens is 570 g/mol. The van der Waals surface area contributed by atoms with Crippen molar-refractivity contribution in [1.82, 2.24) is 14.7 Å². The first-order chi connectivity index (χ1) is 21.3. The van der Waals surface area contributed by atoms with Crippen LogP contribution >= 0.6 is 0 Å². The molecule has 45 heavy (non-hydrogen) atoms. The quantitative estimate of drug-likeness (QED) is 0.198. The van der Waals surface area contributed by atoms with Crippen LogP contribution in [0.2, 0.25) is 0 Å². The monoisotopic (exact) mass is 615 g/mol. The lowest BCUT2D eigenvalue weighted by Gasteiger charge is -2.54. The SMILES string of the molecule is CC(C)(C(=O)OCc1ccccc1)N1CN(C(C)(C)C(=O)OCc2ccccc2)CN(C(C)(C)C(=O)OCc2ccccc2)C1. The van der Waals surface area contributed by atoms with E-state index in [1.165, 1.54) is 0 Å². The number of nitrogens with zero attached hydrogens (tertiary/aromatic N) is 3. The van der Waals surface area contributed by atoms with E-state index in [1.54, 1.807) is 41.5 Å². The molecule has 0 radical (unpaired) electrons. The number of ether oxygens (including phenoxy) is 3. The minimum Gasteiger partial charge on any atom is -0.459 e. The predicted octanol–water partition coefficient (Wildman–Crippen LogP) is 5.34. The number of carbonyl (C=O) groups is 3. The second-order valence-corrected chi connectivity index (χ2v) is 12.9. The Hall–Kier alpha value is -4.05. The van der Waals surface area contributed by atoms with Crippen LogP contribution in [-0.2, 0) is 48.4 Å². The highest BCUT2D eigenvalue weighted by molar-refractivity contribution is 5.81. The van der Waals surface area contributed by atoms with Crippen LogP contribution in [0.4, 0.5) is 0 Å². The zero-order valence-electron chi connectivity index (χ0n) is 27.2. The highest BCUT2D eigenvalue weighted by atomic mass is 16.5. The van der Waals surface area contributed by atoms with Crippen LogP contribution < -0.4 is 0 Å². The molecule has 1 fully saturated rings. The molecule has 240 valence electrons. The Kier molecular flexibility index (Phi) is 10.8. The molecule has 0 bridgehead atoms. The number of carbonyl (C=O) groups excluding carboxylic acids is 3. The van der Waals surface area contributed by atoms with E-state index in [-0.39, 0.29) is 39.8 Å². The van der Waals surface area contributed by atoms with Gasteiger partial charge in [0.1, 0.15) is 36.4 Å². The van der Waals surface area contributed by atoms with E-state index in [4.69, 9.17) is 14.2 Å². The van der Waals surface area contributed by atoms with E-state index in [1.807, 2.05) is 106 Å². The molecule has 0 amide bonds. The first-order valence-corrected chi connectivity index (χ1v) is 15.2. The summed E-state index contributed by atoms with van der Waals surface area (Å²) in [5, 5.41) is 0. The standard InChI is InChI=1S/C36H45N3O6/c1-34(2,31(40)43-22-28-16-10-7-11-17-28)37-25-38(35(3,4)32(41)44-23-29-18-12-8-13-19-29)27-39(26-37)36(5,6)33(42)45-24-30-20-14-9-15-21-30/h7-21H,22-27H2,1-6H3. The summed E-state index contributed by atoms with van der Waals surface area (Å²) in [7, 11) is 0. The van der Waals surface area contributed by atoms with Crippen LogP contribution in [0.25, 0.3) is 0 Å². The zero-order valence-corrected chi connectivity index (χ0v) is 27.2. The normalized spacial score (nSPS) is 15.3. The lowest BCUT2D eigenvalue weighted by molar-refractivity contribution is -0.191. The Bertz CT molecular complexity index is 1250. The molecule has 0 aliphatic carbocycles. The smallest absolute Gasteiger partial charge is 0.326 e. The highest BCUT2D eigenvalue weighted by Gasteiger charge is 2.50. The van der Waals surface area contributed by atoms with E-state index >= 15 is 0 Å². The van der Waals surface area contributed by atoms with E-state index in [9.17, 15) is 14.4 Å².